The lowest BCUT2D eigenvalue weighted by atomic mass is 10.3. The molecule has 0 aliphatic carbocycles. The molecule has 1 heterocycles. The van der Waals surface area contributed by atoms with Crippen molar-refractivity contribution in [2.75, 3.05) is 0 Å². The zero-order chi connectivity index (χ0) is 7.56. The van der Waals surface area contributed by atoms with Crippen molar-refractivity contribution in [3.63, 3.8) is 0 Å². The number of nitrogen functional groups attached to an aromatic ring is 1. The monoisotopic (exact) mass is 235 g/mol. The van der Waals surface area contributed by atoms with Crippen molar-refractivity contribution in [2.24, 2.45) is 5.73 Å². The van der Waals surface area contributed by atoms with Crippen molar-refractivity contribution < 1.29 is 0 Å². The van der Waals surface area contributed by atoms with Gasteiger partial charge in [-0.1, -0.05) is 0 Å². The summed E-state index contributed by atoms with van der Waals surface area (Å²) in [5.74, 6) is 0.0359. The summed E-state index contributed by atoms with van der Waals surface area (Å²) < 4.78 is 0.834. The average molecular weight is 237 g/mol. The van der Waals surface area contributed by atoms with Gasteiger partial charge in [0.25, 0.3) is 0 Å². The number of nitrogens with one attached hydrogen (secondary N) is 1. The summed E-state index contributed by atoms with van der Waals surface area (Å²) in [7, 11) is 0. The highest BCUT2D eigenvalue weighted by Crippen LogP contribution is 2.08. The van der Waals surface area contributed by atoms with E-state index in [1.165, 1.54) is 0 Å². The Labute approximate surface area is 79.1 Å². The lowest BCUT2D eigenvalue weighted by molar-refractivity contribution is 1.28. The Bertz CT molecular complexity index is 264. The second-order valence-corrected chi connectivity index (χ2v) is 2.72. The van der Waals surface area contributed by atoms with E-state index in [-0.39, 0.29) is 18.2 Å². The second kappa shape index (κ2) is 4.31. The molecule has 0 aliphatic rings. The maximum Gasteiger partial charge on any atom is 0.124 e. The highest BCUT2D eigenvalue weighted by atomic mass is 79.9. The number of hydrogen-bond acceptors (Lipinski definition) is 2. The summed E-state index contributed by atoms with van der Waals surface area (Å²) in [6.07, 6.45) is 3.19. The highest BCUT2D eigenvalue weighted by Gasteiger charge is 1.95. The van der Waals surface area contributed by atoms with Crippen LogP contribution in [0.2, 0.25) is 0 Å². The van der Waals surface area contributed by atoms with Gasteiger partial charge in [0.05, 0.1) is 0 Å². The van der Waals surface area contributed by atoms with Crippen LogP contribution in [-0.2, 0) is 0 Å². The van der Waals surface area contributed by atoms with Gasteiger partial charge >= 0.3 is 0 Å². The first-order valence-electron chi connectivity index (χ1n) is 2.65. The maximum absolute atomic E-state index is 7.05. The van der Waals surface area contributed by atoms with Gasteiger partial charge in [0, 0.05) is 22.4 Å². The van der Waals surface area contributed by atoms with Crippen LogP contribution in [0.15, 0.2) is 22.9 Å². The average Bonchev–Trinajstić information content (AvgIpc) is 1.88. The van der Waals surface area contributed by atoms with E-state index >= 15 is 0 Å². The van der Waals surface area contributed by atoms with Crippen LogP contribution < -0.4 is 5.73 Å². The van der Waals surface area contributed by atoms with Crippen molar-refractivity contribution in [3.05, 3.63) is 28.5 Å². The van der Waals surface area contributed by atoms with Gasteiger partial charge in [-0.15, -0.1) is 12.4 Å². The number of nitrogens with two attached hydrogens (primary N) is 1. The van der Waals surface area contributed by atoms with Crippen molar-refractivity contribution >= 4 is 34.2 Å². The van der Waals surface area contributed by atoms with E-state index in [2.05, 4.69) is 20.9 Å². The minimum absolute atomic E-state index is 0. The van der Waals surface area contributed by atoms with Gasteiger partial charge < -0.3 is 5.73 Å². The minimum atomic E-state index is 0. The molecule has 60 valence electrons. The Morgan fingerprint density at radius 1 is 1.55 bits per heavy atom. The summed E-state index contributed by atoms with van der Waals surface area (Å²) in [5, 5.41) is 7.05. The number of pyridine rings is 1. The Balaban J connectivity index is 0.000001000. The van der Waals surface area contributed by atoms with Gasteiger partial charge in [0.1, 0.15) is 5.84 Å². The van der Waals surface area contributed by atoms with Crippen LogP contribution in [0, 0.1) is 5.41 Å². The molecule has 11 heavy (non-hydrogen) atoms. The van der Waals surface area contributed by atoms with E-state index in [0.717, 1.165) is 4.47 Å². The third kappa shape index (κ3) is 2.86. The number of halogens is 2. The number of hydrogen-bond donors (Lipinski definition) is 2. The summed E-state index contributed by atoms with van der Waals surface area (Å²) in [6.45, 7) is 0. The summed E-state index contributed by atoms with van der Waals surface area (Å²) >= 11 is 3.22. The zero-order valence-corrected chi connectivity index (χ0v) is 7.95. The molecule has 3 nitrogen and oxygen atoms in total. The molecule has 1 aromatic rings. The molecule has 0 spiro atoms. The smallest absolute Gasteiger partial charge is 0.124 e. The van der Waals surface area contributed by atoms with Crippen molar-refractivity contribution in [2.45, 2.75) is 0 Å². The SMILES string of the molecule is Cl.N=C(N)c1cncc(Br)c1. The standard InChI is InChI=1S/C6H6BrN3.ClH/c7-5-1-4(6(8)9)2-10-3-5;/h1-3H,(H3,8,9);1H. The van der Waals surface area contributed by atoms with Gasteiger partial charge in [-0.3, -0.25) is 10.4 Å². The topological polar surface area (TPSA) is 62.8 Å². The van der Waals surface area contributed by atoms with Crippen molar-refractivity contribution in [1.82, 2.24) is 4.98 Å². The van der Waals surface area contributed by atoms with Gasteiger partial charge in [0.15, 0.2) is 0 Å². The van der Waals surface area contributed by atoms with E-state index in [9.17, 15) is 0 Å². The van der Waals surface area contributed by atoms with Crippen LogP contribution in [-0.4, -0.2) is 10.8 Å². The maximum atomic E-state index is 7.05. The first kappa shape index (κ1) is 10.4. The van der Waals surface area contributed by atoms with E-state index in [1.54, 1.807) is 18.5 Å². The normalized spacial score (nSPS) is 8.45. The molecule has 0 saturated heterocycles. The molecule has 5 heteroatoms. The lowest BCUT2D eigenvalue weighted by Crippen LogP contribution is -2.10. The summed E-state index contributed by atoms with van der Waals surface area (Å²) in [6, 6.07) is 1.75. The fraction of sp³-hybridized carbons (Fsp3) is 0. The minimum Gasteiger partial charge on any atom is -0.384 e. The molecule has 0 radical (unpaired) electrons. The lowest BCUT2D eigenvalue weighted by Gasteiger charge is -1.95. The molecule has 0 aliphatic heterocycles. The number of amidine groups is 1. The molecule has 3 N–H and O–H groups in total. The largest absolute Gasteiger partial charge is 0.384 e. The van der Waals surface area contributed by atoms with Crippen LogP contribution in [0.25, 0.3) is 0 Å². The van der Waals surface area contributed by atoms with E-state index in [0.29, 0.717) is 5.56 Å². The fourth-order valence-corrected chi connectivity index (χ4v) is 0.924. The van der Waals surface area contributed by atoms with Crippen LogP contribution in [0.1, 0.15) is 5.56 Å². The fourth-order valence-electron chi connectivity index (χ4n) is 0.559. The molecule has 1 rings (SSSR count). The Morgan fingerprint density at radius 2 is 2.18 bits per heavy atom. The molecular formula is C6H7BrClN3. The van der Waals surface area contributed by atoms with Crippen LogP contribution in [0.4, 0.5) is 0 Å². The quantitative estimate of drug-likeness (QED) is 0.574. The first-order valence-corrected chi connectivity index (χ1v) is 3.44. The predicted molar refractivity (Wildman–Crippen MR) is 50.2 cm³/mol. The van der Waals surface area contributed by atoms with Gasteiger partial charge in [-0.05, 0) is 22.0 Å². The molecule has 0 aromatic carbocycles. The highest BCUT2D eigenvalue weighted by molar-refractivity contribution is 9.10. The third-order valence-corrected chi connectivity index (χ3v) is 1.45. The van der Waals surface area contributed by atoms with Gasteiger partial charge in [-0.25, -0.2) is 0 Å². The first-order chi connectivity index (χ1) is 4.70. The second-order valence-electron chi connectivity index (χ2n) is 1.81. The number of rotatable bonds is 1. The molecule has 0 saturated carbocycles. The van der Waals surface area contributed by atoms with Crippen LogP contribution >= 0.6 is 28.3 Å². The zero-order valence-electron chi connectivity index (χ0n) is 5.54. The number of aromatic nitrogens is 1. The third-order valence-electron chi connectivity index (χ3n) is 1.02. The summed E-state index contributed by atoms with van der Waals surface area (Å²) in [4.78, 5) is 3.84. The molecule has 0 fully saturated rings. The van der Waals surface area contributed by atoms with E-state index in [1.807, 2.05) is 0 Å². The van der Waals surface area contributed by atoms with Crippen molar-refractivity contribution in [1.29, 1.82) is 5.41 Å². The van der Waals surface area contributed by atoms with Crippen molar-refractivity contribution in [3.8, 4) is 0 Å². The van der Waals surface area contributed by atoms with E-state index in [4.69, 9.17) is 11.1 Å². The molecular weight excluding hydrogens is 229 g/mol. The Hall–Kier alpha value is -0.610. The molecule has 0 unspecified atom stereocenters. The molecule has 0 amide bonds. The molecule has 1 aromatic heterocycles. The van der Waals surface area contributed by atoms with Crippen LogP contribution in [0.3, 0.4) is 0 Å². The van der Waals surface area contributed by atoms with Gasteiger partial charge in [-0.2, -0.15) is 0 Å². The van der Waals surface area contributed by atoms with E-state index < -0.39 is 0 Å². The predicted octanol–water partition coefficient (Wildman–Crippen LogP) is 1.55. The van der Waals surface area contributed by atoms with Crippen LogP contribution in [0.5, 0.6) is 0 Å². The Kier molecular flexibility index (Phi) is 4.07. The van der Waals surface area contributed by atoms with Gasteiger partial charge in [0.2, 0.25) is 0 Å². The Morgan fingerprint density at radius 3 is 2.55 bits per heavy atom. The molecule has 0 bridgehead atoms. The number of nitrogens with zero attached hydrogens (tertiary/aromatic N) is 1. The molecule has 0 atom stereocenters. The summed E-state index contributed by atoms with van der Waals surface area (Å²) in [5.41, 5.74) is 5.84.